The largest absolute Gasteiger partial charge is 0.457 e. The molecule has 0 atom stereocenters. The fourth-order valence-corrected chi connectivity index (χ4v) is 3.58. The van der Waals surface area contributed by atoms with Gasteiger partial charge in [-0.15, -0.1) is 5.10 Å². The maximum atomic E-state index is 6.21. The standard InChI is InChI=1S/C20H15BrN6O/c1-26-19-10-15(5-6-16(19)24-25-26)28-20-7-4-14(21)9-13(20)12-27-18-3-2-8-22-17(18)11-23-27/h2-11H,12H2,1H3. The minimum Gasteiger partial charge on any atom is -0.457 e. The molecule has 0 aliphatic carbocycles. The van der Waals surface area contributed by atoms with Crippen molar-refractivity contribution in [3.8, 4) is 11.5 Å². The van der Waals surface area contributed by atoms with Gasteiger partial charge < -0.3 is 4.74 Å². The summed E-state index contributed by atoms with van der Waals surface area (Å²) in [5.41, 5.74) is 4.61. The number of fused-ring (bicyclic) bond motifs is 2. The Morgan fingerprint density at radius 2 is 1.96 bits per heavy atom. The first-order valence-corrected chi connectivity index (χ1v) is 9.49. The third kappa shape index (κ3) is 3.01. The van der Waals surface area contributed by atoms with E-state index in [1.165, 1.54) is 0 Å². The Balaban J connectivity index is 1.52. The average Bonchev–Trinajstić information content (AvgIpc) is 3.28. The van der Waals surface area contributed by atoms with E-state index in [2.05, 4.69) is 36.3 Å². The van der Waals surface area contributed by atoms with Crippen molar-refractivity contribution in [1.82, 2.24) is 29.8 Å². The summed E-state index contributed by atoms with van der Waals surface area (Å²) in [5, 5.41) is 12.6. The molecule has 0 N–H and O–H groups in total. The number of hydrogen-bond donors (Lipinski definition) is 0. The van der Waals surface area contributed by atoms with Crippen molar-refractivity contribution in [2.75, 3.05) is 0 Å². The van der Waals surface area contributed by atoms with Crippen LogP contribution in [0.1, 0.15) is 5.56 Å². The van der Waals surface area contributed by atoms with E-state index in [1.807, 2.05) is 60.3 Å². The lowest BCUT2D eigenvalue weighted by molar-refractivity contribution is 0.473. The summed E-state index contributed by atoms with van der Waals surface area (Å²) in [7, 11) is 1.86. The van der Waals surface area contributed by atoms with Crippen LogP contribution in [0.2, 0.25) is 0 Å². The minimum atomic E-state index is 0.569. The van der Waals surface area contributed by atoms with Gasteiger partial charge in [0.1, 0.15) is 22.5 Å². The highest BCUT2D eigenvalue weighted by Gasteiger charge is 2.11. The molecule has 0 aliphatic rings. The van der Waals surface area contributed by atoms with Crippen LogP contribution in [0.3, 0.4) is 0 Å². The molecule has 0 unspecified atom stereocenters. The van der Waals surface area contributed by atoms with E-state index in [0.717, 1.165) is 43.6 Å². The molecule has 8 heteroatoms. The zero-order valence-corrected chi connectivity index (χ0v) is 16.5. The lowest BCUT2D eigenvalue weighted by Gasteiger charge is -2.13. The Labute approximate surface area is 168 Å². The second-order valence-electron chi connectivity index (χ2n) is 6.43. The summed E-state index contributed by atoms with van der Waals surface area (Å²) in [5.74, 6) is 1.50. The first-order chi connectivity index (χ1) is 13.7. The smallest absolute Gasteiger partial charge is 0.132 e. The van der Waals surface area contributed by atoms with Crippen molar-refractivity contribution >= 4 is 38.0 Å². The van der Waals surface area contributed by atoms with Gasteiger partial charge in [-0.3, -0.25) is 9.67 Å². The SMILES string of the molecule is Cn1nnc2ccc(Oc3ccc(Br)cc3Cn3ncc4ncccc43)cc21. The van der Waals surface area contributed by atoms with Gasteiger partial charge in [-0.05, 0) is 42.5 Å². The highest BCUT2D eigenvalue weighted by Crippen LogP contribution is 2.30. The Hall–Kier alpha value is -3.26. The highest BCUT2D eigenvalue weighted by molar-refractivity contribution is 9.10. The van der Waals surface area contributed by atoms with Crippen molar-refractivity contribution in [2.24, 2.45) is 7.05 Å². The fraction of sp³-hybridized carbons (Fsp3) is 0.100. The van der Waals surface area contributed by atoms with Gasteiger partial charge in [0.25, 0.3) is 0 Å². The quantitative estimate of drug-likeness (QED) is 0.421. The molecular weight excluding hydrogens is 420 g/mol. The van der Waals surface area contributed by atoms with Crippen molar-refractivity contribution < 1.29 is 4.74 Å². The molecule has 0 amide bonds. The predicted molar refractivity (Wildman–Crippen MR) is 109 cm³/mol. The summed E-state index contributed by atoms with van der Waals surface area (Å²) >= 11 is 3.56. The number of ether oxygens (including phenoxy) is 1. The van der Waals surface area contributed by atoms with Crippen molar-refractivity contribution in [3.63, 3.8) is 0 Å². The molecular formula is C20H15BrN6O. The van der Waals surface area contributed by atoms with Gasteiger partial charge in [0.15, 0.2) is 0 Å². The van der Waals surface area contributed by atoms with E-state index in [1.54, 1.807) is 17.1 Å². The van der Waals surface area contributed by atoms with Gasteiger partial charge >= 0.3 is 0 Å². The number of hydrogen-bond acceptors (Lipinski definition) is 5. The van der Waals surface area contributed by atoms with Gasteiger partial charge in [0.2, 0.25) is 0 Å². The zero-order chi connectivity index (χ0) is 19.1. The van der Waals surface area contributed by atoms with Crippen LogP contribution >= 0.6 is 15.9 Å². The van der Waals surface area contributed by atoms with Crippen LogP contribution in [-0.2, 0) is 13.6 Å². The van der Waals surface area contributed by atoms with Gasteiger partial charge in [-0.2, -0.15) is 5.10 Å². The molecule has 0 saturated carbocycles. The lowest BCUT2D eigenvalue weighted by atomic mass is 10.2. The minimum absolute atomic E-state index is 0.569. The second-order valence-corrected chi connectivity index (χ2v) is 7.34. The van der Waals surface area contributed by atoms with Crippen LogP contribution in [0.25, 0.3) is 22.1 Å². The number of pyridine rings is 1. The van der Waals surface area contributed by atoms with E-state index in [0.29, 0.717) is 6.54 Å². The monoisotopic (exact) mass is 434 g/mol. The molecule has 138 valence electrons. The lowest BCUT2D eigenvalue weighted by Crippen LogP contribution is -2.03. The maximum absolute atomic E-state index is 6.21. The molecule has 0 saturated heterocycles. The normalized spacial score (nSPS) is 11.4. The zero-order valence-electron chi connectivity index (χ0n) is 15.0. The number of aryl methyl sites for hydroxylation is 1. The van der Waals surface area contributed by atoms with Crippen molar-refractivity contribution in [1.29, 1.82) is 0 Å². The summed E-state index contributed by atoms with van der Waals surface area (Å²) in [4.78, 5) is 4.35. The average molecular weight is 435 g/mol. The van der Waals surface area contributed by atoms with Gasteiger partial charge in [0.05, 0.1) is 23.8 Å². The summed E-state index contributed by atoms with van der Waals surface area (Å²) < 4.78 is 10.8. The van der Waals surface area contributed by atoms with E-state index >= 15 is 0 Å². The number of rotatable bonds is 4. The van der Waals surface area contributed by atoms with Gasteiger partial charge in [0, 0.05) is 29.3 Å². The Bertz CT molecular complexity index is 1310. The summed E-state index contributed by atoms with van der Waals surface area (Å²) in [6, 6.07) is 15.6. The van der Waals surface area contributed by atoms with E-state index in [-0.39, 0.29) is 0 Å². The molecule has 28 heavy (non-hydrogen) atoms. The molecule has 3 aromatic heterocycles. The second kappa shape index (κ2) is 6.72. The number of aromatic nitrogens is 6. The molecule has 0 radical (unpaired) electrons. The van der Waals surface area contributed by atoms with Crippen LogP contribution in [0, 0.1) is 0 Å². The van der Waals surface area contributed by atoms with Gasteiger partial charge in [-0.25, -0.2) is 4.68 Å². The van der Waals surface area contributed by atoms with Crippen LogP contribution in [-0.4, -0.2) is 29.8 Å². The van der Waals surface area contributed by atoms with Crippen molar-refractivity contribution in [3.05, 3.63) is 71.0 Å². The van der Waals surface area contributed by atoms with E-state index in [4.69, 9.17) is 4.74 Å². The van der Waals surface area contributed by atoms with Crippen LogP contribution in [0.4, 0.5) is 0 Å². The number of halogens is 1. The van der Waals surface area contributed by atoms with Crippen LogP contribution < -0.4 is 4.74 Å². The van der Waals surface area contributed by atoms with Crippen LogP contribution in [0.5, 0.6) is 11.5 Å². The Kier molecular flexibility index (Phi) is 4.05. The number of nitrogens with zero attached hydrogens (tertiary/aromatic N) is 6. The van der Waals surface area contributed by atoms with E-state index in [9.17, 15) is 0 Å². The van der Waals surface area contributed by atoms with E-state index < -0.39 is 0 Å². The first kappa shape index (κ1) is 16.9. The maximum Gasteiger partial charge on any atom is 0.132 e. The fourth-order valence-electron chi connectivity index (χ4n) is 3.17. The third-order valence-corrected chi connectivity index (χ3v) is 5.06. The summed E-state index contributed by atoms with van der Waals surface area (Å²) in [6.07, 6.45) is 3.54. The topological polar surface area (TPSA) is 70.7 Å². The molecule has 5 aromatic rings. The molecule has 5 rings (SSSR count). The molecule has 0 bridgehead atoms. The Morgan fingerprint density at radius 1 is 1.04 bits per heavy atom. The molecule has 7 nitrogen and oxygen atoms in total. The van der Waals surface area contributed by atoms with Crippen molar-refractivity contribution in [2.45, 2.75) is 6.54 Å². The van der Waals surface area contributed by atoms with Crippen LogP contribution in [0.15, 0.2) is 65.4 Å². The molecule has 0 fully saturated rings. The highest BCUT2D eigenvalue weighted by atomic mass is 79.9. The van der Waals surface area contributed by atoms with Gasteiger partial charge in [-0.1, -0.05) is 21.1 Å². The predicted octanol–water partition coefficient (Wildman–Crippen LogP) is 4.32. The number of benzene rings is 2. The molecule has 3 heterocycles. The molecule has 0 spiro atoms. The molecule has 0 aliphatic heterocycles. The Morgan fingerprint density at radius 3 is 2.89 bits per heavy atom. The molecule has 2 aromatic carbocycles. The summed E-state index contributed by atoms with van der Waals surface area (Å²) in [6.45, 7) is 0.569. The third-order valence-electron chi connectivity index (χ3n) is 4.57. The first-order valence-electron chi connectivity index (χ1n) is 8.70.